The van der Waals surface area contributed by atoms with Crippen molar-refractivity contribution in [2.45, 2.75) is 10.3 Å². The first kappa shape index (κ1) is 20.8. The molecule has 1 amide bonds. The second-order valence-electron chi connectivity index (χ2n) is 5.92. The summed E-state index contributed by atoms with van der Waals surface area (Å²) in [6.45, 7) is 0. The second-order valence-corrected chi connectivity index (χ2v) is 8.96. The van der Waals surface area contributed by atoms with Crippen LogP contribution in [0.3, 0.4) is 0 Å². The highest BCUT2D eigenvalue weighted by atomic mass is 35.5. The Labute approximate surface area is 184 Å². The van der Waals surface area contributed by atoms with Crippen molar-refractivity contribution in [2.75, 3.05) is 5.32 Å². The predicted molar refractivity (Wildman–Crippen MR) is 109 cm³/mol. The minimum absolute atomic E-state index is 0.0549. The molecule has 1 aliphatic carbocycles. The number of rotatable bonds is 4. The quantitative estimate of drug-likeness (QED) is 0.381. The molecule has 2 aromatic carbocycles. The maximum absolute atomic E-state index is 12.6. The van der Waals surface area contributed by atoms with Crippen molar-refractivity contribution >= 4 is 87.2 Å². The molecule has 0 aliphatic heterocycles. The molecule has 27 heavy (non-hydrogen) atoms. The van der Waals surface area contributed by atoms with E-state index in [0.717, 1.165) is 0 Å². The molecule has 0 unspecified atom stereocenters. The number of halogens is 6. The lowest BCUT2D eigenvalue weighted by Gasteiger charge is -2.07. The number of carboxylic acids is 1. The number of carboxylic acid groups (broad SMARTS) is 1. The van der Waals surface area contributed by atoms with Crippen LogP contribution in [0.5, 0.6) is 0 Å². The van der Waals surface area contributed by atoms with E-state index in [1.165, 1.54) is 18.2 Å². The molecule has 0 bridgehead atoms. The molecule has 2 aromatic rings. The number of carbonyl (C=O) groups is 2. The Balaban J connectivity index is 1.84. The molecule has 0 saturated heterocycles. The minimum Gasteiger partial charge on any atom is -0.478 e. The third kappa shape index (κ3) is 3.98. The number of carbonyl (C=O) groups excluding carboxylic acids is 1. The molecule has 2 atom stereocenters. The van der Waals surface area contributed by atoms with Crippen LogP contribution in [0.4, 0.5) is 5.69 Å². The van der Waals surface area contributed by atoms with Gasteiger partial charge < -0.3 is 10.4 Å². The molecule has 1 aliphatic rings. The second kappa shape index (κ2) is 7.51. The number of hydrogen-bond donors (Lipinski definition) is 2. The summed E-state index contributed by atoms with van der Waals surface area (Å²) < 4.78 is -1.37. The maximum atomic E-state index is 12.6. The summed E-state index contributed by atoms with van der Waals surface area (Å²) in [5.74, 6) is -3.04. The van der Waals surface area contributed by atoms with E-state index in [4.69, 9.17) is 74.7 Å². The van der Waals surface area contributed by atoms with Crippen LogP contribution in [0.1, 0.15) is 21.8 Å². The normalized spacial score (nSPS) is 20.2. The Hall–Kier alpha value is -0.880. The van der Waals surface area contributed by atoms with Crippen molar-refractivity contribution in [3.63, 3.8) is 0 Å². The first-order chi connectivity index (χ1) is 12.5. The number of anilines is 1. The van der Waals surface area contributed by atoms with Crippen molar-refractivity contribution in [3.05, 3.63) is 61.5 Å². The summed E-state index contributed by atoms with van der Waals surface area (Å²) in [6, 6.07) is 7.21. The van der Waals surface area contributed by atoms with Gasteiger partial charge in [-0.15, -0.1) is 23.2 Å². The van der Waals surface area contributed by atoms with Crippen LogP contribution in [0.15, 0.2) is 30.3 Å². The number of benzene rings is 2. The topological polar surface area (TPSA) is 66.4 Å². The van der Waals surface area contributed by atoms with Gasteiger partial charge in [0.15, 0.2) is 0 Å². The van der Waals surface area contributed by atoms with Gasteiger partial charge in [-0.3, -0.25) is 4.79 Å². The van der Waals surface area contributed by atoms with E-state index >= 15 is 0 Å². The molecule has 3 rings (SSSR count). The molecule has 2 N–H and O–H groups in total. The van der Waals surface area contributed by atoms with E-state index in [1.54, 1.807) is 12.1 Å². The summed E-state index contributed by atoms with van der Waals surface area (Å²) >= 11 is 36.4. The Bertz CT molecular complexity index is 939. The maximum Gasteiger partial charge on any atom is 0.337 e. The van der Waals surface area contributed by atoms with E-state index in [0.29, 0.717) is 5.56 Å². The summed E-state index contributed by atoms with van der Waals surface area (Å²) in [5.41, 5.74) is 0.687. The van der Waals surface area contributed by atoms with Gasteiger partial charge in [0.2, 0.25) is 5.91 Å². The SMILES string of the molecule is O=C(O)c1cc(NC(=O)[C@H]2[C@H](c3cc(Cl)c(Cl)c(Cl)c3)C2(Cl)Cl)ccc1Cl. The van der Waals surface area contributed by atoms with E-state index in [-0.39, 0.29) is 31.3 Å². The summed E-state index contributed by atoms with van der Waals surface area (Å²) in [5, 5.41) is 12.4. The van der Waals surface area contributed by atoms with E-state index in [1.807, 2.05) is 0 Å². The average Bonchev–Trinajstić information content (AvgIpc) is 3.16. The standard InChI is InChI=1S/C17H9Cl6NO3/c18-9-2-1-7(5-8(9)16(26)27)24-15(25)13-12(17(13,22)23)6-3-10(19)14(21)11(20)4-6/h1-5,12-13H,(H,24,25)(H,26,27)/t12-,13+/m0/s1. The molecule has 142 valence electrons. The molecular formula is C17H9Cl6NO3. The molecule has 0 heterocycles. The van der Waals surface area contributed by atoms with Gasteiger partial charge in [0.25, 0.3) is 0 Å². The van der Waals surface area contributed by atoms with Crippen LogP contribution >= 0.6 is 69.6 Å². The molecular weight excluding hydrogens is 479 g/mol. The molecule has 0 spiro atoms. The van der Waals surface area contributed by atoms with Crippen LogP contribution in [0, 0.1) is 5.92 Å². The molecule has 0 aromatic heterocycles. The zero-order valence-electron chi connectivity index (χ0n) is 13.1. The Morgan fingerprint density at radius 3 is 2.11 bits per heavy atom. The lowest BCUT2D eigenvalue weighted by atomic mass is 10.1. The van der Waals surface area contributed by atoms with Gasteiger partial charge in [0.05, 0.1) is 31.6 Å². The summed E-state index contributed by atoms with van der Waals surface area (Å²) in [6.07, 6.45) is 0. The molecule has 1 saturated carbocycles. The Morgan fingerprint density at radius 2 is 1.56 bits per heavy atom. The van der Waals surface area contributed by atoms with Gasteiger partial charge in [-0.25, -0.2) is 4.79 Å². The average molecular weight is 488 g/mol. The van der Waals surface area contributed by atoms with Crippen molar-refractivity contribution in [1.82, 2.24) is 0 Å². The van der Waals surface area contributed by atoms with Crippen LogP contribution in [-0.4, -0.2) is 21.3 Å². The van der Waals surface area contributed by atoms with E-state index < -0.39 is 28.0 Å². The lowest BCUT2D eigenvalue weighted by Crippen LogP contribution is -2.17. The lowest BCUT2D eigenvalue weighted by molar-refractivity contribution is -0.117. The number of hydrogen-bond acceptors (Lipinski definition) is 2. The predicted octanol–water partition coefficient (Wildman–Crippen LogP) is 6.52. The summed E-state index contributed by atoms with van der Waals surface area (Å²) in [7, 11) is 0. The minimum atomic E-state index is -1.37. The third-order valence-electron chi connectivity index (χ3n) is 4.17. The molecule has 4 nitrogen and oxygen atoms in total. The monoisotopic (exact) mass is 485 g/mol. The Kier molecular flexibility index (Phi) is 5.80. The van der Waals surface area contributed by atoms with Gasteiger partial charge in [-0.1, -0.05) is 46.4 Å². The van der Waals surface area contributed by atoms with Gasteiger partial charge in [-0.05, 0) is 35.9 Å². The molecule has 1 fully saturated rings. The number of amides is 1. The molecule has 0 radical (unpaired) electrons. The highest BCUT2D eigenvalue weighted by Gasteiger charge is 2.67. The highest BCUT2D eigenvalue weighted by molar-refractivity contribution is 6.54. The number of alkyl halides is 2. The van der Waals surface area contributed by atoms with Crippen LogP contribution < -0.4 is 5.32 Å². The first-order valence-electron chi connectivity index (χ1n) is 7.40. The number of aromatic carboxylic acids is 1. The molecule has 10 heteroatoms. The highest BCUT2D eigenvalue weighted by Crippen LogP contribution is 2.65. The zero-order valence-corrected chi connectivity index (χ0v) is 17.6. The van der Waals surface area contributed by atoms with Crippen molar-refractivity contribution in [3.8, 4) is 0 Å². The third-order valence-corrected chi connectivity index (χ3v) is 6.63. The van der Waals surface area contributed by atoms with Crippen molar-refractivity contribution in [2.24, 2.45) is 5.92 Å². The van der Waals surface area contributed by atoms with Gasteiger partial charge in [0.1, 0.15) is 4.33 Å². The van der Waals surface area contributed by atoms with E-state index in [9.17, 15) is 9.59 Å². The number of nitrogens with one attached hydrogen (secondary N) is 1. The van der Waals surface area contributed by atoms with Gasteiger partial charge >= 0.3 is 5.97 Å². The Morgan fingerprint density at radius 1 is 0.963 bits per heavy atom. The summed E-state index contributed by atoms with van der Waals surface area (Å²) in [4.78, 5) is 23.8. The fraction of sp³-hybridized carbons (Fsp3) is 0.176. The van der Waals surface area contributed by atoms with Gasteiger partial charge in [-0.2, -0.15) is 0 Å². The van der Waals surface area contributed by atoms with Crippen molar-refractivity contribution in [1.29, 1.82) is 0 Å². The fourth-order valence-electron chi connectivity index (χ4n) is 2.81. The zero-order chi connectivity index (χ0) is 20.1. The van der Waals surface area contributed by atoms with Crippen LogP contribution in [-0.2, 0) is 4.79 Å². The smallest absolute Gasteiger partial charge is 0.337 e. The van der Waals surface area contributed by atoms with Crippen molar-refractivity contribution < 1.29 is 14.7 Å². The van der Waals surface area contributed by atoms with Gasteiger partial charge in [0, 0.05) is 11.6 Å². The largest absolute Gasteiger partial charge is 0.478 e. The first-order valence-corrected chi connectivity index (χ1v) is 9.66. The fourth-order valence-corrected chi connectivity index (χ4v) is 4.45. The van der Waals surface area contributed by atoms with Crippen LogP contribution in [0.25, 0.3) is 0 Å². The van der Waals surface area contributed by atoms with E-state index in [2.05, 4.69) is 5.32 Å². The van der Waals surface area contributed by atoms with Crippen LogP contribution in [0.2, 0.25) is 20.1 Å².